The van der Waals surface area contributed by atoms with Crippen LogP contribution < -0.4 is 11.1 Å². The minimum absolute atomic E-state index is 0.0331. The third kappa shape index (κ3) is 6.71. The zero-order valence-electron chi connectivity index (χ0n) is 15.0. The summed E-state index contributed by atoms with van der Waals surface area (Å²) in [5.74, 6) is 1.48. The molecular weight excluding hydrogens is 334 g/mol. The smallest absolute Gasteiger partial charge is 0.232 e. The van der Waals surface area contributed by atoms with E-state index in [0.717, 1.165) is 31.6 Å². The van der Waals surface area contributed by atoms with Gasteiger partial charge in [0.05, 0.1) is 5.75 Å². The molecule has 0 radical (unpaired) electrons. The molecule has 1 fully saturated rings. The highest BCUT2D eigenvalue weighted by atomic mass is 32.2. The zero-order valence-corrected chi connectivity index (χ0v) is 15.8. The fraction of sp³-hybridized carbons (Fsp3) is 0.579. The lowest BCUT2D eigenvalue weighted by Crippen LogP contribution is -2.50. The molecular formula is C19H29N3O2S. The summed E-state index contributed by atoms with van der Waals surface area (Å²) in [6, 6.07) is 8.51. The molecule has 6 heteroatoms. The number of piperidine rings is 1. The standard InChI is InChI=1S/C19H29N3O2S/c1-15-5-4-6-16(11-15)13-25-14-19(24)22-10-3-2-7-17(22)12-21-18(23)8-9-20/h4-6,11,17H,2-3,7-10,12-14,20H2,1H3,(H,21,23). The number of hydrogen-bond acceptors (Lipinski definition) is 4. The van der Waals surface area contributed by atoms with E-state index in [1.807, 2.05) is 4.90 Å². The first-order valence-electron chi connectivity index (χ1n) is 8.99. The Kier molecular flexibility index (Phi) is 8.28. The zero-order chi connectivity index (χ0) is 18.1. The summed E-state index contributed by atoms with van der Waals surface area (Å²) in [6.07, 6.45) is 3.45. The van der Waals surface area contributed by atoms with Gasteiger partial charge in [0.2, 0.25) is 11.8 Å². The topological polar surface area (TPSA) is 75.4 Å². The van der Waals surface area contributed by atoms with Crippen molar-refractivity contribution in [1.29, 1.82) is 0 Å². The molecule has 2 rings (SSSR count). The molecule has 0 saturated carbocycles. The highest BCUT2D eigenvalue weighted by Gasteiger charge is 2.26. The average Bonchev–Trinajstić information content (AvgIpc) is 2.60. The number of nitrogens with one attached hydrogen (secondary N) is 1. The predicted octanol–water partition coefficient (Wildman–Crippen LogP) is 2.07. The van der Waals surface area contributed by atoms with E-state index in [0.29, 0.717) is 25.3 Å². The van der Waals surface area contributed by atoms with Crippen LogP contribution in [-0.4, -0.2) is 48.1 Å². The van der Waals surface area contributed by atoms with Gasteiger partial charge in [0.1, 0.15) is 0 Å². The molecule has 1 aromatic rings. The molecule has 1 aliphatic rings. The highest BCUT2D eigenvalue weighted by molar-refractivity contribution is 7.99. The van der Waals surface area contributed by atoms with Crippen LogP contribution in [0.15, 0.2) is 24.3 Å². The van der Waals surface area contributed by atoms with E-state index < -0.39 is 0 Å². The largest absolute Gasteiger partial charge is 0.354 e. The number of hydrogen-bond donors (Lipinski definition) is 2. The van der Waals surface area contributed by atoms with E-state index >= 15 is 0 Å². The lowest BCUT2D eigenvalue weighted by molar-refractivity contribution is -0.132. The first-order valence-corrected chi connectivity index (χ1v) is 10.1. The van der Waals surface area contributed by atoms with Crippen LogP contribution in [0.1, 0.15) is 36.8 Å². The van der Waals surface area contributed by atoms with E-state index in [1.165, 1.54) is 11.1 Å². The van der Waals surface area contributed by atoms with Gasteiger partial charge in [-0.25, -0.2) is 0 Å². The van der Waals surface area contributed by atoms with E-state index in [4.69, 9.17) is 5.73 Å². The Hall–Kier alpha value is -1.53. The molecule has 1 heterocycles. The molecule has 0 aromatic heterocycles. The van der Waals surface area contributed by atoms with Crippen molar-refractivity contribution in [3.8, 4) is 0 Å². The fourth-order valence-electron chi connectivity index (χ4n) is 3.13. The molecule has 0 aliphatic carbocycles. The number of nitrogens with two attached hydrogens (primary N) is 1. The van der Waals surface area contributed by atoms with Crippen molar-refractivity contribution in [2.75, 3.05) is 25.4 Å². The monoisotopic (exact) mass is 363 g/mol. The number of carbonyl (C=O) groups excluding carboxylic acids is 2. The minimum atomic E-state index is -0.0331. The van der Waals surface area contributed by atoms with Gasteiger partial charge in [0, 0.05) is 37.8 Å². The van der Waals surface area contributed by atoms with E-state index in [2.05, 4.69) is 36.5 Å². The Morgan fingerprint density at radius 3 is 2.96 bits per heavy atom. The summed E-state index contributed by atoms with van der Waals surface area (Å²) in [5, 5.41) is 2.91. The molecule has 1 unspecified atom stereocenters. The molecule has 1 aliphatic heterocycles. The van der Waals surface area contributed by atoms with Crippen molar-refractivity contribution in [3.63, 3.8) is 0 Å². The molecule has 5 nitrogen and oxygen atoms in total. The number of aryl methyl sites for hydroxylation is 1. The molecule has 0 spiro atoms. The summed E-state index contributed by atoms with van der Waals surface area (Å²) < 4.78 is 0. The summed E-state index contributed by atoms with van der Waals surface area (Å²) in [4.78, 5) is 26.2. The Morgan fingerprint density at radius 1 is 1.36 bits per heavy atom. The minimum Gasteiger partial charge on any atom is -0.354 e. The van der Waals surface area contributed by atoms with Gasteiger partial charge < -0.3 is 16.0 Å². The maximum atomic E-state index is 12.6. The predicted molar refractivity (Wildman–Crippen MR) is 103 cm³/mol. The third-order valence-corrected chi connectivity index (χ3v) is 5.42. The summed E-state index contributed by atoms with van der Waals surface area (Å²) in [5.41, 5.74) is 7.89. The third-order valence-electron chi connectivity index (χ3n) is 4.43. The molecule has 25 heavy (non-hydrogen) atoms. The Labute approximate surface area is 154 Å². The van der Waals surface area contributed by atoms with Crippen molar-refractivity contribution >= 4 is 23.6 Å². The van der Waals surface area contributed by atoms with Crippen LogP contribution in [0.25, 0.3) is 0 Å². The van der Waals surface area contributed by atoms with Crippen molar-refractivity contribution in [1.82, 2.24) is 10.2 Å². The van der Waals surface area contributed by atoms with Gasteiger partial charge in [0.25, 0.3) is 0 Å². The van der Waals surface area contributed by atoms with Crippen LogP contribution in [0.2, 0.25) is 0 Å². The van der Waals surface area contributed by atoms with Crippen LogP contribution >= 0.6 is 11.8 Å². The number of rotatable bonds is 8. The van der Waals surface area contributed by atoms with Gasteiger partial charge in [-0.3, -0.25) is 9.59 Å². The van der Waals surface area contributed by atoms with E-state index in [9.17, 15) is 9.59 Å². The highest BCUT2D eigenvalue weighted by Crippen LogP contribution is 2.20. The van der Waals surface area contributed by atoms with Crippen LogP contribution in [0.3, 0.4) is 0 Å². The molecule has 0 bridgehead atoms. The van der Waals surface area contributed by atoms with Gasteiger partial charge in [0.15, 0.2) is 0 Å². The molecule has 1 aromatic carbocycles. The van der Waals surface area contributed by atoms with Crippen molar-refractivity contribution < 1.29 is 9.59 Å². The number of nitrogens with zero attached hydrogens (tertiary/aromatic N) is 1. The number of benzene rings is 1. The molecule has 138 valence electrons. The van der Waals surface area contributed by atoms with Crippen molar-refractivity contribution in [2.24, 2.45) is 5.73 Å². The summed E-state index contributed by atoms with van der Waals surface area (Å²) in [6.45, 7) is 3.76. The second-order valence-electron chi connectivity index (χ2n) is 6.56. The summed E-state index contributed by atoms with van der Waals surface area (Å²) >= 11 is 1.66. The Bertz CT molecular complexity index is 580. The average molecular weight is 364 g/mol. The summed E-state index contributed by atoms with van der Waals surface area (Å²) in [7, 11) is 0. The van der Waals surface area contributed by atoms with Crippen LogP contribution in [-0.2, 0) is 15.3 Å². The first kappa shape index (κ1) is 19.8. The molecule has 2 amide bonds. The lowest BCUT2D eigenvalue weighted by atomic mass is 10.0. The second-order valence-corrected chi connectivity index (χ2v) is 7.55. The van der Waals surface area contributed by atoms with E-state index in [1.54, 1.807) is 11.8 Å². The number of carbonyl (C=O) groups is 2. The first-order chi connectivity index (χ1) is 12.1. The van der Waals surface area contributed by atoms with Gasteiger partial charge in [-0.1, -0.05) is 29.8 Å². The quantitative estimate of drug-likeness (QED) is 0.741. The maximum absolute atomic E-state index is 12.6. The van der Waals surface area contributed by atoms with Gasteiger partial charge in [-0.05, 0) is 31.7 Å². The Morgan fingerprint density at radius 2 is 2.20 bits per heavy atom. The number of amides is 2. The van der Waals surface area contributed by atoms with Crippen molar-refractivity contribution in [3.05, 3.63) is 35.4 Å². The lowest BCUT2D eigenvalue weighted by Gasteiger charge is -2.36. The SMILES string of the molecule is Cc1cccc(CSCC(=O)N2CCCCC2CNC(=O)CCN)c1. The van der Waals surface area contributed by atoms with E-state index in [-0.39, 0.29) is 17.9 Å². The van der Waals surface area contributed by atoms with Crippen LogP contribution in [0.4, 0.5) is 0 Å². The van der Waals surface area contributed by atoms with Crippen LogP contribution in [0, 0.1) is 6.92 Å². The van der Waals surface area contributed by atoms with Crippen molar-refractivity contribution in [2.45, 2.75) is 44.4 Å². The number of thioether (sulfide) groups is 1. The van der Waals surface area contributed by atoms with Gasteiger partial charge >= 0.3 is 0 Å². The normalized spacial score (nSPS) is 17.4. The fourth-order valence-corrected chi connectivity index (χ4v) is 3.99. The second kappa shape index (κ2) is 10.5. The van der Waals surface area contributed by atoms with Crippen LogP contribution in [0.5, 0.6) is 0 Å². The van der Waals surface area contributed by atoms with Gasteiger partial charge in [-0.2, -0.15) is 0 Å². The number of likely N-dealkylation sites (tertiary alicyclic amines) is 1. The Balaban J connectivity index is 1.79. The molecule has 3 N–H and O–H groups in total. The van der Waals surface area contributed by atoms with Gasteiger partial charge in [-0.15, -0.1) is 11.8 Å². The molecule has 1 saturated heterocycles. The molecule has 1 atom stereocenters. The maximum Gasteiger partial charge on any atom is 0.232 e.